The molecule has 3 rings (SSSR count). The van der Waals surface area contributed by atoms with Crippen molar-refractivity contribution in [3.05, 3.63) is 40.2 Å². The lowest BCUT2D eigenvalue weighted by Crippen LogP contribution is -2.33. The number of nitrogens with one attached hydrogen (secondary N) is 2. The van der Waals surface area contributed by atoms with Crippen molar-refractivity contribution >= 4 is 39.6 Å². The molecule has 0 fully saturated rings. The molecule has 1 amide bonds. The van der Waals surface area contributed by atoms with E-state index in [0.29, 0.717) is 16.5 Å². The van der Waals surface area contributed by atoms with Gasteiger partial charge in [0, 0.05) is 4.88 Å². The topological polar surface area (TPSA) is 78.1 Å². The molecule has 0 aliphatic heterocycles. The molecule has 2 heterocycles. The van der Waals surface area contributed by atoms with Gasteiger partial charge in [-0.05, 0) is 55.1 Å². The second kappa shape index (κ2) is 6.52. The summed E-state index contributed by atoms with van der Waals surface area (Å²) >= 11 is 6.72. The molecule has 23 heavy (non-hydrogen) atoms. The number of fused-ring (bicyclic) bond motifs is 1. The fourth-order valence-corrected chi connectivity index (χ4v) is 4.29. The first-order valence-corrected chi connectivity index (χ1v) is 8.51. The van der Waals surface area contributed by atoms with E-state index >= 15 is 0 Å². The SMILES string of the molecule is C[C@H]1CCc2c(sc(NC(=S)NC(=O)c3ccco3)c2C#N)C1. The minimum absolute atomic E-state index is 0.162. The number of thiophene rings is 1. The van der Waals surface area contributed by atoms with Gasteiger partial charge in [-0.1, -0.05) is 6.92 Å². The summed E-state index contributed by atoms with van der Waals surface area (Å²) in [4.78, 5) is 13.1. The second-order valence-electron chi connectivity index (χ2n) is 5.55. The molecule has 5 nitrogen and oxygen atoms in total. The largest absolute Gasteiger partial charge is 0.459 e. The lowest BCUT2D eigenvalue weighted by atomic mass is 9.89. The number of amides is 1. The molecule has 0 aromatic carbocycles. The van der Waals surface area contributed by atoms with Gasteiger partial charge in [-0.15, -0.1) is 11.3 Å². The molecular weight excluding hydrogens is 330 g/mol. The zero-order chi connectivity index (χ0) is 16.4. The lowest BCUT2D eigenvalue weighted by molar-refractivity contribution is 0.0950. The van der Waals surface area contributed by atoms with E-state index in [4.69, 9.17) is 16.6 Å². The third-order valence-electron chi connectivity index (χ3n) is 3.82. The van der Waals surface area contributed by atoms with E-state index in [9.17, 15) is 10.1 Å². The predicted octanol–water partition coefficient (Wildman–Crippen LogP) is 3.46. The Labute approximate surface area is 143 Å². The normalized spacial score (nSPS) is 16.3. The molecule has 7 heteroatoms. The molecule has 2 N–H and O–H groups in total. The average molecular weight is 345 g/mol. The molecule has 0 spiro atoms. The van der Waals surface area contributed by atoms with Crippen molar-refractivity contribution in [1.29, 1.82) is 5.26 Å². The van der Waals surface area contributed by atoms with Gasteiger partial charge in [-0.2, -0.15) is 5.26 Å². The van der Waals surface area contributed by atoms with E-state index in [1.54, 1.807) is 23.5 Å². The van der Waals surface area contributed by atoms with Crippen LogP contribution in [0.3, 0.4) is 0 Å². The van der Waals surface area contributed by atoms with Gasteiger partial charge in [0.2, 0.25) is 0 Å². The van der Waals surface area contributed by atoms with E-state index in [1.165, 1.54) is 11.1 Å². The predicted molar refractivity (Wildman–Crippen MR) is 92.6 cm³/mol. The molecule has 0 bridgehead atoms. The molecule has 1 aliphatic rings. The number of hydrogen-bond acceptors (Lipinski definition) is 5. The summed E-state index contributed by atoms with van der Waals surface area (Å²) in [6.07, 6.45) is 4.43. The zero-order valence-electron chi connectivity index (χ0n) is 12.5. The van der Waals surface area contributed by atoms with Crippen LogP contribution in [0.25, 0.3) is 0 Å². The molecule has 118 valence electrons. The van der Waals surface area contributed by atoms with Crippen molar-refractivity contribution in [2.45, 2.75) is 26.2 Å². The van der Waals surface area contributed by atoms with Gasteiger partial charge in [-0.3, -0.25) is 10.1 Å². The monoisotopic (exact) mass is 345 g/mol. The number of thiocarbonyl (C=S) groups is 1. The number of anilines is 1. The Hall–Kier alpha value is -2.17. The van der Waals surface area contributed by atoms with Crippen LogP contribution in [0.5, 0.6) is 0 Å². The first-order chi connectivity index (χ1) is 11.1. The van der Waals surface area contributed by atoms with Crippen molar-refractivity contribution in [1.82, 2.24) is 5.32 Å². The summed E-state index contributed by atoms with van der Waals surface area (Å²) in [5.74, 6) is 0.404. The number of nitrogens with zero attached hydrogens (tertiary/aromatic N) is 1. The Kier molecular flexibility index (Phi) is 4.46. The molecule has 0 radical (unpaired) electrons. The highest BCUT2D eigenvalue weighted by Crippen LogP contribution is 2.39. The second-order valence-corrected chi connectivity index (χ2v) is 7.07. The highest BCUT2D eigenvalue weighted by molar-refractivity contribution is 7.80. The van der Waals surface area contributed by atoms with Crippen molar-refractivity contribution in [2.24, 2.45) is 5.92 Å². The van der Waals surface area contributed by atoms with Gasteiger partial charge in [0.05, 0.1) is 11.8 Å². The summed E-state index contributed by atoms with van der Waals surface area (Å²) in [5, 5.41) is 15.8. The Bertz CT molecular complexity index is 787. The smallest absolute Gasteiger partial charge is 0.293 e. The number of rotatable bonds is 2. The zero-order valence-corrected chi connectivity index (χ0v) is 14.1. The Balaban J connectivity index is 1.74. The summed E-state index contributed by atoms with van der Waals surface area (Å²) in [6.45, 7) is 2.22. The maximum Gasteiger partial charge on any atom is 0.293 e. The number of furan rings is 1. The van der Waals surface area contributed by atoms with Crippen molar-refractivity contribution in [2.75, 3.05) is 5.32 Å². The molecule has 2 aromatic rings. The van der Waals surface area contributed by atoms with Gasteiger partial charge < -0.3 is 9.73 Å². The molecule has 0 saturated carbocycles. The summed E-state index contributed by atoms with van der Waals surface area (Å²) in [6, 6.07) is 5.45. The van der Waals surface area contributed by atoms with Crippen LogP contribution in [-0.4, -0.2) is 11.0 Å². The molecule has 1 atom stereocenters. The highest BCUT2D eigenvalue weighted by Gasteiger charge is 2.24. The third-order valence-corrected chi connectivity index (χ3v) is 5.20. The minimum Gasteiger partial charge on any atom is -0.459 e. The number of hydrogen-bond donors (Lipinski definition) is 2. The minimum atomic E-state index is -0.416. The Morgan fingerprint density at radius 2 is 2.39 bits per heavy atom. The van der Waals surface area contributed by atoms with Crippen molar-refractivity contribution < 1.29 is 9.21 Å². The summed E-state index contributed by atoms with van der Waals surface area (Å²) in [5.41, 5.74) is 1.77. The Morgan fingerprint density at radius 1 is 1.57 bits per heavy atom. The van der Waals surface area contributed by atoms with Crippen LogP contribution in [0, 0.1) is 17.2 Å². The van der Waals surface area contributed by atoms with Crippen LogP contribution in [0.2, 0.25) is 0 Å². The molecular formula is C16H15N3O2S2. The summed E-state index contributed by atoms with van der Waals surface area (Å²) < 4.78 is 5.02. The van der Waals surface area contributed by atoms with Gasteiger partial charge >= 0.3 is 0 Å². The van der Waals surface area contributed by atoms with E-state index in [0.717, 1.165) is 24.8 Å². The fourth-order valence-electron chi connectivity index (χ4n) is 2.66. The van der Waals surface area contributed by atoms with Gasteiger partial charge in [0.1, 0.15) is 11.1 Å². The first kappa shape index (κ1) is 15.7. The van der Waals surface area contributed by atoms with Crippen LogP contribution in [0.1, 0.15) is 39.9 Å². The highest BCUT2D eigenvalue weighted by atomic mass is 32.1. The molecule has 0 saturated heterocycles. The maximum absolute atomic E-state index is 11.9. The number of carbonyl (C=O) groups excluding carboxylic acids is 1. The van der Waals surface area contributed by atoms with Gasteiger partial charge in [-0.25, -0.2) is 0 Å². The van der Waals surface area contributed by atoms with Crippen LogP contribution >= 0.6 is 23.6 Å². The Morgan fingerprint density at radius 3 is 3.09 bits per heavy atom. The lowest BCUT2D eigenvalue weighted by Gasteiger charge is -2.17. The van der Waals surface area contributed by atoms with Gasteiger partial charge in [0.15, 0.2) is 10.9 Å². The van der Waals surface area contributed by atoms with Gasteiger partial charge in [0.25, 0.3) is 5.91 Å². The van der Waals surface area contributed by atoms with E-state index in [1.807, 2.05) is 0 Å². The van der Waals surface area contributed by atoms with E-state index in [-0.39, 0.29) is 10.9 Å². The first-order valence-electron chi connectivity index (χ1n) is 7.29. The van der Waals surface area contributed by atoms with Crippen LogP contribution in [0.15, 0.2) is 22.8 Å². The maximum atomic E-state index is 11.9. The van der Waals surface area contributed by atoms with E-state index < -0.39 is 5.91 Å². The number of nitriles is 1. The third kappa shape index (κ3) is 3.28. The van der Waals surface area contributed by atoms with Crippen molar-refractivity contribution in [3.8, 4) is 6.07 Å². The standard InChI is InChI=1S/C16H15N3O2S2/c1-9-4-5-10-11(8-17)15(23-13(10)7-9)19-16(22)18-14(20)12-3-2-6-21-12/h2-3,6,9H,4-5,7H2,1H3,(H2,18,19,20,22)/t9-/m0/s1. The molecule has 1 aliphatic carbocycles. The van der Waals surface area contributed by atoms with Crippen LogP contribution in [-0.2, 0) is 12.8 Å². The molecule has 0 unspecified atom stereocenters. The van der Waals surface area contributed by atoms with E-state index in [2.05, 4.69) is 23.6 Å². The van der Waals surface area contributed by atoms with Crippen LogP contribution in [0.4, 0.5) is 5.00 Å². The average Bonchev–Trinajstić information content (AvgIpc) is 3.13. The fraction of sp³-hybridized carbons (Fsp3) is 0.312. The molecule has 2 aromatic heterocycles. The number of carbonyl (C=O) groups is 1. The summed E-state index contributed by atoms with van der Waals surface area (Å²) in [7, 11) is 0. The van der Waals surface area contributed by atoms with Crippen LogP contribution < -0.4 is 10.6 Å². The van der Waals surface area contributed by atoms with Crippen molar-refractivity contribution in [3.63, 3.8) is 0 Å². The quantitative estimate of drug-likeness (QED) is 0.815.